The number of carbonyl (C=O) groups is 2. The highest BCUT2D eigenvalue weighted by atomic mass is 16.5. The van der Waals surface area contributed by atoms with Crippen LogP contribution in [0, 0.1) is 0 Å². The molecule has 1 aliphatic heterocycles. The third-order valence-electron chi connectivity index (χ3n) is 5.00. The topological polar surface area (TPSA) is 90.2 Å². The van der Waals surface area contributed by atoms with Crippen molar-refractivity contribution in [1.29, 1.82) is 0 Å². The fourth-order valence-electron chi connectivity index (χ4n) is 3.59. The zero-order chi connectivity index (χ0) is 20.1. The zero-order valence-electron chi connectivity index (χ0n) is 15.7. The number of carbonyl (C=O) groups excluding carboxylic acids is 2. The van der Waals surface area contributed by atoms with Crippen molar-refractivity contribution in [2.75, 3.05) is 14.2 Å². The molecule has 4 heterocycles. The molecule has 0 saturated carbocycles. The number of aromatic nitrogens is 4. The van der Waals surface area contributed by atoms with Crippen molar-refractivity contribution >= 4 is 22.8 Å². The van der Waals surface area contributed by atoms with Crippen molar-refractivity contribution in [2.24, 2.45) is 0 Å². The minimum Gasteiger partial charge on any atom is -0.494 e. The Morgan fingerprint density at radius 2 is 1.83 bits per heavy atom. The standard InChI is InChI=1S/C21H15N5O3/c1-25-20(27)13-11-23-19-17(16(13)21(25)28)18(12-6-5-9-22-10-12)24-26(19)14-7-3-4-8-15(14)29-2/h3-11H,1-2H3. The van der Waals surface area contributed by atoms with E-state index in [1.807, 2.05) is 30.3 Å². The number of imide groups is 1. The molecule has 0 radical (unpaired) electrons. The molecule has 0 atom stereocenters. The second kappa shape index (κ2) is 6.23. The molecular weight excluding hydrogens is 370 g/mol. The minimum absolute atomic E-state index is 0.273. The molecular formula is C21H15N5O3. The van der Waals surface area contributed by atoms with Crippen LogP contribution < -0.4 is 4.74 Å². The highest BCUT2D eigenvalue weighted by Gasteiger charge is 2.37. The van der Waals surface area contributed by atoms with Crippen molar-refractivity contribution in [3.63, 3.8) is 0 Å². The van der Waals surface area contributed by atoms with Crippen LogP contribution in [0.5, 0.6) is 5.75 Å². The first-order chi connectivity index (χ1) is 14.1. The first-order valence-corrected chi connectivity index (χ1v) is 8.89. The van der Waals surface area contributed by atoms with Crippen molar-refractivity contribution in [3.8, 4) is 22.7 Å². The third-order valence-corrected chi connectivity index (χ3v) is 5.00. The van der Waals surface area contributed by atoms with Gasteiger partial charge in [0.15, 0.2) is 5.65 Å². The number of hydrogen-bond donors (Lipinski definition) is 0. The largest absolute Gasteiger partial charge is 0.494 e. The molecule has 4 aromatic rings. The summed E-state index contributed by atoms with van der Waals surface area (Å²) in [7, 11) is 3.04. The summed E-state index contributed by atoms with van der Waals surface area (Å²) in [6, 6.07) is 11.0. The molecule has 29 heavy (non-hydrogen) atoms. The maximum atomic E-state index is 12.9. The van der Waals surface area contributed by atoms with E-state index >= 15 is 0 Å². The van der Waals surface area contributed by atoms with E-state index in [9.17, 15) is 9.59 Å². The lowest BCUT2D eigenvalue weighted by molar-refractivity contribution is 0.0693. The number of nitrogens with zero attached hydrogens (tertiary/aromatic N) is 5. The SMILES string of the molecule is COc1ccccc1-n1nc(-c2cccnc2)c2c3c(cnc21)C(=O)N(C)C3=O. The van der Waals surface area contributed by atoms with E-state index in [0.29, 0.717) is 33.7 Å². The third kappa shape index (κ3) is 2.35. The Morgan fingerprint density at radius 3 is 2.59 bits per heavy atom. The smallest absolute Gasteiger partial charge is 0.262 e. The van der Waals surface area contributed by atoms with Crippen LogP contribution in [-0.4, -0.2) is 50.6 Å². The Hall–Kier alpha value is -4.07. The number of benzene rings is 1. The van der Waals surface area contributed by atoms with Gasteiger partial charge in [0.1, 0.15) is 17.1 Å². The minimum atomic E-state index is -0.374. The molecule has 0 unspecified atom stereocenters. The van der Waals surface area contributed by atoms with Crippen molar-refractivity contribution in [2.45, 2.75) is 0 Å². The number of methoxy groups -OCH3 is 1. The average molecular weight is 385 g/mol. The number of hydrogen-bond acceptors (Lipinski definition) is 6. The Morgan fingerprint density at radius 1 is 1.00 bits per heavy atom. The molecule has 0 aliphatic carbocycles. The van der Waals surface area contributed by atoms with E-state index in [4.69, 9.17) is 9.84 Å². The van der Waals surface area contributed by atoms with E-state index in [1.165, 1.54) is 13.2 Å². The molecule has 142 valence electrons. The predicted molar refractivity (Wildman–Crippen MR) is 105 cm³/mol. The van der Waals surface area contributed by atoms with Gasteiger partial charge in [0.2, 0.25) is 0 Å². The Balaban J connectivity index is 1.91. The van der Waals surface area contributed by atoms with Crippen LogP contribution in [0.1, 0.15) is 20.7 Å². The molecule has 0 saturated heterocycles. The maximum Gasteiger partial charge on any atom is 0.262 e. The molecule has 8 heteroatoms. The summed E-state index contributed by atoms with van der Waals surface area (Å²) in [5.74, 6) is -0.139. The number of para-hydroxylation sites is 2. The number of fused-ring (bicyclic) bond motifs is 3. The van der Waals surface area contributed by atoms with E-state index in [1.54, 1.807) is 30.3 Å². The summed E-state index contributed by atoms with van der Waals surface area (Å²) in [6.07, 6.45) is 4.76. The Kier molecular flexibility index (Phi) is 3.67. The van der Waals surface area contributed by atoms with Crippen molar-refractivity contribution in [3.05, 3.63) is 66.1 Å². The van der Waals surface area contributed by atoms with E-state index in [0.717, 1.165) is 10.5 Å². The second-order valence-electron chi connectivity index (χ2n) is 6.59. The average Bonchev–Trinajstić information content (AvgIpc) is 3.26. The molecule has 0 N–H and O–H groups in total. The number of rotatable bonds is 3. The molecule has 2 amide bonds. The summed E-state index contributed by atoms with van der Waals surface area (Å²) in [6.45, 7) is 0. The van der Waals surface area contributed by atoms with Crippen LogP contribution >= 0.6 is 0 Å². The van der Waals surface area contributed by atoms with Gasteiger partial charge in [0, 0.05) is 31.2 Å². The van der Waals surface area contributed by atoms with Gasteiger partial charge in [0.05, 0.1) is 23.6 Å². The number of ether oxygens (including phenoxy) is 1. The monoisotopic (exact) mass is 385 g/mol. The van der Waals surface area contributed by atoms with Gasteiger partial charge in [-0.05, 0) is 24.3 Å². The van der Waals surface area contributed by atoms with Crippen LogP contribution in [0.2, 0.25) is 0 Å². The lowest BCUT2D eigenvalue weighted by Crippen LogP contribution is -2.24. The molecule has 0 fully saturated rings. The van der Waals surface area contributed by atoms with Crippen molar-refractivity contribution < 1.29 is 14.3 Å². The van der Waals surface area contributed by atoms with E-state index < -0.39 is 0 Å². The van der Waals surface area contributed by atoms with E-state index in [2.05, 4.69) is 9.97 Å². The van der Waals surface area contributed by atoms with Gasteiger partial charge in [-0.3, -0.25) is 19.5 Å². The van der Waals surface area contributed by atoms with Crippen LogP contribution in [0.3, 0.4) is 0 Å². The summed E-state index contributed by atoms with van der Waals surface area (Å²) in [4.78, 5) is 35.1. The first kappa shape index (κ1) is 17.1. The summed E-state index contributed by atoms with van der Waals surface area (Å²) in [5, 5.41) is 5.27. The molecule has 8 nitrogen and oxygen atoms in total. The van der Waals surface area contributed by atoms with Gasteiger partial charge >= 0.3 is 0 Å². The van der Waals surface area contributed by atoms with Gasteiger partial charge in [-0.1, -0.05) is 12.1 Å². The lowest BCUT2D eigenvalue weighted by atomic mass is 10.0. The first-order valence-electron chi connectivity index (χ1n) is 8.89. The normalized spacial score (nSPS) is 13.2. The zero-order valence-corrected chi connectivity index (χ0v) is 15.7. The van der Waals surface area contributed by atoms with Crippen LogP contribution in [0.15, 0.2) is 55.0 Å². The van der Waals surface area contributed by atoms with Crippen LogP contribution in [0.4, 0.5) is 0 Å². The molecule has 1 aromatic carbocycles. The van der Waals surface area contributed by atoms with Crippen molar-refractivity contribution in [1.82, 2.24) is 24.6 Å². The van der Waals surface area contributed by atoms with Gasteiger partial charge in [-0.15, -0.1) is 0 Å². The number of amides is 2. The molecule has 3 aromatic heterocycles. The highest BCUT2D eigenvalue weighted by molar-refractivity contribution is 6.27. The molecule has 0 spiro atoms. The Labute approximate surface area is 165 Å². The number of pyridine rings is 2. The fourth-order valence-corrected chi connectivity index (χ4v) is 3.59. The predicted octanol–water partition coefficient (Wildman–Crippen LogP) is 2.72. The fraction of sp³-hybridized carbons (Fsp3) is 0.0952. The highest BCUT2D eigenvalue weighted by Crippen LogP contribution is 2.37. The quantitative estimate of drug-likeness (QED) is 0.504. The maximum absolute atomic E-state index is 12.9. The summed E-state index contributed by atoms with van der Waals surface area (Å²) >= 11 is 0. The van der Waals surface area contributed by atoms with Gasteiger partial charge in [-0.2, -0.15) is 5.10 Å². The molecule has 5 rings (SSSR count). The van der Waals surface area contributed by atoms with Gasteiger partial charge in [-0.25, -0.2) is 9.67 Å². The van der Waals surface area contributed by atoms with Crippen LogP contribution in [0.25, 0.3) is 28.0 Å². The van der Waals surface area contributed by atoms with Gasteiger partial charge < -0.3 is 4.74 Å². The van der Waals surface area contributed by atoms with Gasteiger partial charge in [0.25, 0.3) is 11.8 Å². The van der Waals surface area contributed by atoms with Crippen LogP contribution in [-0.2, 0) is 0 Å². The summed E-state index contributed by atoms with van der Waals surface area (Å²) in [5.41, 5.74) is 2.96. The second-order valence-corrected chi connectivity index (χ2v) is 6.59. The molecule has 1 aliphatic rings. The lowest BCUT2D eigenvalue weighted by Gasteiger charge is -2.08. The summed E-state index contributed by atoms with van der Waals surface area (Å²) < 4.78 is 7.11. The van der Waals surface area contributed by atoms with E-state index in [-0.39, 0.29) is 17.4 Å². The molecule has 0 bridgehead atoms. The Bertz CT molecular complexity index is 1300.